The van der Waals surface area contributed by atoms with Crippen molar-refractivity contribution >= 4 is 45.7 Å². The Kier molecular flexibility index (Phi) is 6.57. The molecule has 0 atom stereocenters. The fourth-order valence-corrected chi connectivity index (χ4v) is 2.64. The lowest BCUT2D eigenvalue weighted by Gasteiger charge is -2.22. The van der Waals surface area contributed by atoms with Gasteiger partial charge in [0.25, 0.3) is 5.69 Å². The van der Waals surface area contributed by atoms with Gasteiger partial charge >= 0.3 is 6.09 Å². The van der Waals surface area contributed by atoms with Gasteiger partial charge in [0.15, 0.2) is 0 Å². The molecular weight excluding hydrogens is 417 g/mol. The molecule has 0 aliphatic carbocycles. The molecule has 1 aromatic rings. The van der Waals surface area contributed by atoms with Gasteiger partial charge in [0.2, 0.25) is 0 Å². The summed E-state index contributed by atoms with van der Waals surface area (Å²) in [6.07, 6.45) is -0.766. The molecule has 0 saturated carbocycles. The van der Waals surface area contributed by atoms with Gasteiger partial charge in [-0.05, 0) is 49.4 Å². The van der Waals surface area contributed by atoms with Crippen LogP contribution in [0.3, 0.4) is 0 Å². The number of likely N-dealkylation sites (N-methyl/N-ethyl adjacent to an activating group) is 1. The zero-order chi connectivity index (χ0) is 17.8. The molecule has 23 heavy (non-hydrogen) atoms. The van der Waals surface area contributed by atoms with Crippen LogP contribution >= 0.6 is 22.6 Å². The molecule has 8 nitrogen and oxygen atoms in total. The van der Waals surface area contributed by atoms with Crippen LogP contribution in [0.4, 0.5) is 21.9 Å². The highest BCUT2D eigenvalue weighted by Gasteiger charge is 2.23. The Morgan fingerprint density at radius 1 is 1.48 bits per heavy atom. The van der Waals surface area contributed by atoms with Crippen LogP contribution in [0.15, 0.2) is 12.1 Å². The van der Waals surface area contributed by atoms with E-state index in [1.165, 1.54) is 12.1 Å². The Labute approximate surface area is 148 Å². The number of nitro groups is 1. The first kappa shape index (κ1) is 19.4. The number of nitro benzene ring substituents is 1. The van der Waals surface area contributed by atoms with Gasteiger partial charge in [-0.2, -0.15) is 0 Å². The van der Waals surface area contributed by atoms with Gasteiger partial charge in [0, 0.05) is 23.2 Å². The second kappa shape index (κ2) is 7.77. The first-order chi connectivity index (χ1) is 10.5. The van der Waals surface area contributed by atoms with E-state index in [2.05, 4.69) is 5.32 Å². The molecule has 1 aromatic carbocycles. The predicted molar refractivity (Wildman–Crippen MR) is 96.0 cm³/mol. The number of carbonyl (C=O) groups is 1. The normalized spacial score (nSPS) is 11.0. The van der Waals surface area contributed by atoms with Crippen LogP contribution in [0.1, 0.15) is 20.8 Å². The highest BCUT2D eigenvalue weighted by Crippen LogP contribution is 2.34. The van der Waals surface area contributed by atoms with Gasteiger partial charge in [0.05, 0.1) is 17.2 Å². The second-order valence-corrected chi connectivity index (χ2v) is 7.01. The summed E-state index contributed by atoms with van der Waals surface area (Å²) in [6, 6.07) is 2.87. The zero-order valence-electron chi connectivity index (χ0n) is 13.4. The van der Waals surface area contributed by atoms with E-state index in [9.17, 15) is 14.9 Å². The summed E-state index contributed by atoms with van der Waals surface area (Å²) in [5.74, 6) is 0. The number of rotatable bonds is 5. The lowest BCUT2D eigenvalue weighted by atomic mass is 10.2. The largest absolute Gasteiger partial charge is 0.444 e. The molecule has 0 unspecified atom stereocenters. The molecule has 1 amide bonds. The molecule has 9 heteroatoms. The molecule has 0 fully saturated rings. The van der Waals surface area contributed by atoms with E-state index >= 15 is 0 Å². The third kappa shape index (κ3) is 5.82. The Balaban J connectivity index is 3.19. The van der Waals surface area contributed by atoms with Gasteiger partial charge < -0.3 is 14.7 Å². The maximum atomic E-state index is 11.9. The standard InChI is InChI=1S/C14H20IN3O5/c1-14(2,3)23-13(20)16-10-8-11(17(4)5-6-19)9(15)7-12(10)18(21)22/h7-8,19H,5-6H2,1-4H3,(H,16,20). The predicted octanol–water partition coefficient (Wildman–Crippen LogP) is 2.97. The fourth-order valence-electron chi connectivity index (χ4n) is 1.78. The molecule has 0 aromatic heterocycles. The number of anilines is 2. The highest BCUT2D eigenvalue weighted by molar-refractivity contribution is 14.1. The first-order valence-electron chi connectivity index (χ1n) is 6.85. The summed E-state index contributed by atoms with van der Waals surface area (Å²) in [7, 11) is 1.75. The number of nitrogens with one attached hydrogen (secondary N) is 1. The maximum absolute atomic E-state index is 11.9. The average Bonchev–Trinajstić information content (AvgIpc) is 2.38. The van der Waals surface area contributed by atoms with Gasteiger partial charge in [-0.15, -0.1) is 0 Å². The lowest BCUT2D eigenvalue weighted by Crippen LogP contribution is -2.28. The monoisotopic (exact) mass is 437 g/mol. The smallest absolute Gasteiger partial charge is 0.412 e. The molecule has 0 saturated heterocycles. The number of aliphatic hydroxyl groups excluding tert-OH is 1. The van der Waals surface area contributed by atoms with E-state index in [0.717, 1.165) is 0 Å². The van der Waals surface area contributed by atoms with Crippen molar-refractivity contribution in [2.75, 3.05) is 30.4 Å². The number of halogens is 1. The highest BCUT2D eigenvalue weighted by atomic mass is 127. The molecule has 128 valence electrons. The van der Waals surface area contributed by atoms with E-state index in [1.807, 2.05) is 22.6 Å². The maximum Gasteiger partial charge on any atom is 0.412 e. The van der Waals surface area contributed by atoms with Gasteiger partial charge in [-0.1, -0.05) is 0 Å². The Morgan fingerprint density at radius 3 is 2.57 bits per heavy atom. The molecule has 0 aliphatic heterocycles. The van der Waals surface area contributed by atoms with Crippen LogP contribution in [-0.2, 0) is 4.74 Å². The Hall–Kier alpha value is -1.62. The van der Waals surface area contributed by atoms with Crippen LogP contribution in [0, 0.1) is 13.7 Å². The number of benzene rings is 1. The number of hydrogen-bond donors (Lipinski definition) is 2. The number of nitrogens with zero attached hydrogens (tertiary/aromatic N) is 2. The number of ether oxygens (including phenoxy) is 1. The van der Waals surface area contributed by atoms with Crippen LogP contribution in [0.25, 0.3) is 0 Å². The first-order valence-corrected chi connectivity index (χ1v) is 7.93. The summed E-state index contributed by atoms with van der Waals surface area (Å²) < 4.78 is 5.77. The molecule has 0 aliphatic rings. The minimum Gasteiger partial charge on any atom is -0.444 e. The van der Waals surface area contributed by atoms with Crippen molar-refractivity contribution in [1.82, 2.24) is 0 Å². The van der Waals surface area contributed by atoms with Crippen molar-refractivity contribution in [3.05, 3.63) is 25.8 Å². The summed E-state index contributed by atoms with van der Waals surface area (Å²) in [5.41, 5.74) is -0.222. The average molecular weight is 437 g/mol. The zero-order valence-corrected chi connectivity index (χ0v) is 15.6. The molecule has 0 spiro atoms. The topological polar surface area (TPSA) is 105 Å². The summed E-state index contributed by atoms with van der Waals surface area (Å²) >= 11 is 1.98. The third-order valence-electron chi connectivity index (χ3n) is 2.74. The van der Waals surface area contributed by atoms with E-state index < -0.39 is 16.6 Å². The van der Waals surface area contributed by atoms with E-state index in [4.69, 9.17) is 9.84 Å². The third-order valence-corrected chi connectivity index (χ3v) is 3.61. The van der Waals surface area contributed by atoms with Crippen molar-refractivity contribution in [1.29, 1.82) is 0 Å². The Morgan fingerprint density at radius 2 is 2.09 bits per heavy atom. The lowest BCUT2D eigenvalue weighted by molar-refractivity contribution is -0.384. The summed E-state index contributed by atoms with van der Waals surface area (Å²) in [6.45, 7) is 5.41. The van der Waals surface area contributed by atoms with Gasteiger partial charge in [-0.3, -0.25) is 15.4 Å². The van der Waals surface area contributed by atoms with E-state index in [0.29, 0.717) is 15.8 Å². The van der Waals surface area contributed by atoms with Gasteiger partial charge in [0.1, 0.15) is 11.3 Å². The molecule has 0 heterocycles. The molecular formula is C14H20IN3O5. The van der Waals surface area contributed by atoms with Crippen molar-refractivity contribution in [2.24, 2.45) is 0 Å². The molecule has 0 radical (unpaired) electrons. The number of aliphatic hydroxyl groups is 1. The van der Waals surface area contributed by atoms with Crippen molar-refractivity contribution < 1.29 is 19.6 Å². The fraction of sp³-hybridized carbons (Fsp3) is 0.500. The van der Waals surface area contributed by atoms with Crippen molar-refractivity contribution in [3.63, 3.8) is 0 Å². The SMILES string of the molecule is CN(CCO)c1cc(NC(=O)OC(C)(C)C)c([N+](=O)[O-])cc1I. The Bertz CT molecular complexity index is 601. The summed E-state index contributed by atoms with van der Waals surface area (Å²) in [5, 5.41) is 22.7. The molecule has 1 rings (SSSR count). The quantitative estimate of drug-likeness (QED) is 0.417. The van der Waals surface area contributed by atoms with Crippen LogP contribution in [-0.4, -0.2) is 41.9 Å². The van der Waals surface area contributed by atoms with E-state index in [1.54, 1.807) is 32.7 Å². The van der Waals surface area contributed by atoms with E-state index in [-0.39, 0.29) is 18.0 Å². The van der Waals surface area contributed by atoms with Crippen LogP contribution in [0.5, 0.6) is 0 Å². The summed E-state index contributed by atoms with van der Waals surface area (Å²) in [4.78, 5) is 24.3. The number of hydrogen-bond acceptors (Lipinski definition) is 6. The minimum atomic E-state index is -0.766. The number of carbonyl (C=O) groups excluding carboxylic acids is 1. The minimum absolute atomic E-state index is 0.0458. The second-order valence-electron chi connectivity index (χ2n) is 5.85. The molecule has 0 bridgehead atoms. The van der Waals surface area contributed by atoms with Crippen molar-refractivity contribution in [2.45, 2.75) is 26.4 Å². The van der Waals surface area contributed by atoms with Gasteiger partial charge in [-0.25, -0.2) is 4.79 Å². The molecule has 2 N–H and O–H groups in total. The van der Waals surface area contributed by atoms with Crippen LogP contribution < -0.4 is 10.2 Å². The van der Waals surface area contributed by atoms with Crippen molar-refractivity contribution in [3.8, 4) is 0 Å². The number of amides is 1. The van der Waals surface area contributed by atoms with Crippen LogP contribution in [0.2, 0.25) is 0 Å².